The van der Waals surface area contributed by atoms with Crippen LogP contribution < -0.4 is 5.32 Å². The Labute approximate surface area is 151 Å². The SMILES string of the molecule is Cc1cc2c(s1)C(C(=O)Nc1ccc(Cl)c(Cl)c1)C(=O)N(C)S2. The lowest BCUT2D eigenvalue weighted by Gasteiger charge is -2.27. The number of carbonyl (C=O) groups excluding carboxylic acids is 2. The van der Waals surface area contributed by atoms with Gasteiger partial charge in [-0.3, -0.25) is 13.9 Å². The van der Waals surface area contributed by atoms with E-state index in [0.717, 1.165) is 14.6 Å². The highest BCUT2D eigenvalue weighted by molar-refractivity contribution is 7.97. The molecule has 0 aliphatic carbocycles. The summed E-state index contributed by atoms with van der Waals surface area (Å²) in [6.07, 6.45) is 0. The molecule has 4 nitrogen and oxygen atoms in total. The molecule has 1 N–H and O–H groups in total. The molecule has 0 saturated heterocycles. The number of amides is 2. The van der Waals surface area contributed by atoms with Gasteiger partial charge in [0.05, 0.1) is 10.0 Å². The van der Waals surface area contributed by atoms with Gasteiger partial charge in [0.15, 0.2) is 5.92 Å². The number of nitrogens with one attached hydrogen (secondary N) is 1. The van der Waals surface area contributed by atoms with Crippen molar-refractivity contribution in [2.75, 3.05) is 12.4 Å². The molecule has 0 saturated carbocycles. The molecule has 1 unspecified atom stereocenters. The first kappa shape index (κ1) is 16.6. The number of nitrogens with zero attached hydrogens (tertiary/aromatic N) is 1. The number of fused-ring (bicyclic) bond motifs is 1. The lowest BCUT2D eigenvalue weighted by Crippen LogP contribution is -2.37. The van der Waals surface area contributed by atoms with Crippen LogP contribution in [0, 0.1) is 6.92 Å². The number of carbonyl (C=O) groups is 2. The van der Waals surface area contributed by atoms with E-state index >= 15 is 0 Å². The van der Waals surface area contributed by atoms with Crippen LogP contribution in [0.15, 0.2) is 29.2 Å². The number of thiophene rings is 1. The third-order valence-corrected chi connectivity index (χ3v) is 6.32. The van der Waals surface area contributed by atoms with Crippen molar-refractivity contribution in [1.29, 1.82) is 0 Å². The Bertz CT molecular complexity index is 807. The van der Waals surface area contributed by atoms with E-state index in [9.17, 15) is 9.59 Å². The largest absolute Gasteiger partial charge is 0.325 e. The van der Waals surface area contributed by atoms with Gasteiger partial charge in [-0.2, -0.15) is 0 Å². The number of aryl methyl sites for hydroxylation is 1. The zero-order chi connectivity index (χ0) is 16.7. The van der Waals surface area contributed by atoms with Crippen LogP contribution in [-0.4, -0.2) is 23.2 Å². The lowest BCUT2D eigenvalue weighted by molar-refractivity contribution is -0.132. The fourth-order valence-corrected chi connectivity index (χ4v) is 4.83. The van der Waals surface area contributed by atoms with Crippen molar-refractivity contribution in [3.05, 3.63) is 44.1 Å². The van der Waals surface area contributed by atoms with E-state index in [2.05, 4.69) is 5.32 Å². The fourth-order valence-electron chi connectivity index (χ4n) is 2.29. The highest BCUT2D eigenvalue weighted by Crippen LogP contribution is 2.43. The summed E-state index contributed by atoms with van der Waals surface area (Å²) in [5.41, 5.74) is 0.507. The standard InChI is InChI=1S/C15H12Cl2N2O2S2/c1-7-5-11-13(22-7)12(15(21)19(2)23-11)14(20)18-8-3-4-9(16)10(17)6-8/h3-6,12H,1-2H3,(H,18,20). The maximum absolute atomic E-state index is 12.7. The minimum Gasteiger partial charge on any atom is -0.325 e. The molecule has 2 amide bonds. The van der Waals surface area contributed by atoms with Gasteiger partial charge in [-0.25, -0.2) is 0 Å². The van der Waals surface area contributed by atoms with E-state index in [1.54, 1.807) is 25.2 Å². The van der Waals surface area contributed by atoms with Gasteiger partial charge in [-0.1, -0.05) is 23.2 Å². The molecule has 1 aliphatic rings. The van der Waals surface area contributed by atoms with Crippen molar-refractivity contribution < 1.29 is 9.59 Å². The van der Waals surface area contributed by atoms with E-state index in [-0.39, 0.29) is 11.8 Å². The van der Waals surface area contributed by atoms with Crippen LogP contribution in [0.3, 0.4) is 0 Å². The molecule has 8 heteroatoms. The van der Waals surface area contributed by atoms with Crippen molar-refractivity contribution in [3.8, 4) is 0 Å². The Balaban J connectivity index is 1.91. The molecule has 3 rings (SSSR count). The molecule has 2 aromatic rings. The second kappa shape index (κ2) is 6.36. The number of hydrogen-bond donors (Lipinski definition) is 1. The summed E-state index contributed by atoms with van der Waals surface area (Å²) in [6.45, 7) is 1.96. The van der Waals surface area contributed by atoms with Gasteiger partial charge in [0.1, 0.15) is 0 Å². The van der Waals surface area contributed by atoms with Gasteiger partial charge < -0.3 is 5.32 Å². The first-order valence-corrected chi connectivity index (χ1v) is 9.03. The number of anilines is 1. The average molecular weight is 387 g/mol. The van der Waals surface area contributed by atoms with Crippen molar-refractivity contribution in [2.45, 2.75) is 17.7 Å². The summed E-state index contributed by atoms with van der Waals surface area (Å²) < 4.78 is 1.49. The van der Waals surface area contributed by atoms with E-state index < -0.39 is 5.92 Å². The summed E-state index contributed by atoms with van der Waals surface area (Å²) in [4.78, 5) is 27.9. The van der Waals surface area contributed by atoms with E-state index in [1.807, 2.05) is 13.0 Å². The van der Waals surface area contributed by atoms with Crippen LogP contribution in [-0.2, 0) is 9.59 Å². The van der Waals surface area contributed by atoms with Crippen LogP contribution in [0.1, 0.15) is 15.7 Å². The molecule has 0 fully saturated rings. The molecule has 2 heterocycles. The minimum atomic E-state index is -0.843. The Hall–Kier alpha value is -1.21. The molecule has 1 aliphatic heterocycles. The molecule has 23 heavy (non-hydrogen) atoms. The Morgan fingerprint density at radius 3 is 2.70 bits per heavy atom. The van der Waals surface area contributed by atoms with Crippen molar-refractivity contribution in [2.24, 2.45) is 0 Å². The first-order valence-electron chi connectivity index (χ1n) is 6.68. The second-order valence-electron chi connectivity index (χ2n) is 5.06. The maximum Gasteiger partial charge on any atom is 0.250 e. The predicted molar refractivity (Wildman–Crippen MR) is 95.5 cm³/mol. The van der Waals surface area contributed by atoms with E-state index in [0.29, 0.717) is 15.7 Å². The summed E-state index contributed by atoms with van der Waals surface area (Å²) in [6, 6.07) is 6.81. The van der Waals surface area contributed by atoms with Gasteiger partial charge in [-0.15, -0.1) is 11.3 Å². The van der Waals surface area contributed by atoms with Crippen molar-refractivity contribution in [3.63, 3.8) is 0 Å². The van der Waals surface area contributed by atoms with Gasteiger partial charge >= 0.3 is 0 Å². The number of benzene rings is 1. The second-order valence-corrected chi connectivity index (χ2v) is 8.34. The number of rotatable bonds is 2. The first-order chi connectivity index (χ1) is 10.9. The normalized spacial score (nSPS) is 17.1. The zero-order valence-corrected chi connectivity index (χ0v) is 15.4. The molecule has 120 valence electrons. The average Bonchev–Trinajstić information content (AvgIpc) is 2.83. The molecular weight excluding hydrogens is 375 g/mol. The third kappa shape index (κ3) is 3.21. The van der Waals surface area contributed by atoms with Gasteiger partial charge in [0.25, 0.3) is 0 Å². The van der Waals surface area contributed by atoms with Crippen LogP contribution in [0.4, 0.5) is 5.69 Å². The number of hydrogen-bond acceptors (Lipinski definition) is 4. The van der Waals surface area contributed by atoms with Crippen LogP contribution >= 0.6 is 46.5 Å². The van der Waals surface area contributed by atoms with Gasteiger partial charge in [-0.05, 0) is 43.1 Å². The third-order valence-electron chi connectivity index (χ3n) is 3.35. The van der Waals surface area contributed by atoms with Gasteiger partial charge in [0, 0.05) is 27.4 Å². The van der Waals surface area contributed by atoms with E-state index in [4.69, 9.17) is 23.2 Å². The molecule has 0 bridgehead atoms. The molecule has 0 spiro atoms. The van der Waals surface area contributed by atoms with Crippen LogP contribution in [0.25, 0.3) is 0 Å². The zero-order valence-electron chi connectivity index (χ0n) is 12.2. The topological polar surface area (TPSA) is 49.4 Å². The maximum atomic E-state index is 12.7. The van der Waals surface area contributed by atoms with Crippen LogP contribution in [0.2, 0.25) is 10.0 Å². The minimum absolute atomic E-state index is 0.234. The Kier molecular flexibility index (Phi) is 4.60. The quantitative estimate of drug-likeness (QED) is 0.607. The summed E-state index contributed by atoms with van der Waals surface area (Å²) >= 11 is 14.7. The predicted octanol–water partition coefficient (Wildman–Crippen LogP) is 4.56. The molecule has 0 radical (unpaired) electrons. The molecular formula is C15H12Cl2N2O2S2. The van der Waals surface area contributed by atoms with Crippen molar-refractivity contribution >= 4 is 64.0 Å². The molecule has 1 aromatic heterocycles. The Morgan fingerprint density at radius 1 is 1.26 bits per heavy atom. The fraction of sp³-hybridized carbons (Fsp3) is 0.200. The van der Waals surface area contributed by atoms with Crippen molar-refractivity contribution in [1.82, 2.24) is 4.31 Å². The monoisotopic (exact) mass is 386 g/mol. The summed E-state index contributed by atoms with van der Waals surface area (Å²) in [7, 11) is 1.67. The van der Waals surface area contributed by atoms with Crippen LogP contribution in [0.5, 0.6) is 0 Å². The van der Waals surface area contributed by atoms with E-state index in [1.165, 1.54) is 27.6 Å². The Morgan fingerprint density at radius 2 is 2.00 bits per heavy atom. The lowest BCUT2D eigenvalue weighted by atomic mass is 10.1. The smallest absolute Gasteiger partial charge is 0.250 e. The highest BCUT2D eigenvalue weighted by Gasteiger charge is 2.39. The molecule has 1 aromatic carbocycles. The number of likely N-dealkylation sites (N-methyl/N-ethyl adjacent to an activating group) is 1. The summed E-state index contributed by atoms with van der Waals surface area (Å²) in [5.74, 6) is -1.45. The van der Waals surface area contributed by atoms with Gasteiger partial charge in [0.2, 0.25) is 11.8 Å². The number of halogens is 2. The summed E-state index contributed by atoms with van der Waals surface area (Å²) in [5, 5.41) is 3.50. The molecule has 1 atom stereocenters. The highest BCUT2D eigenvalue weighted by atomic mass is 35.5.